The van der Waals surface area contributed by atoms with Crippen molar-refractivity contribution in [1.29, 1.82) is 0 Å². The number of benzene rings is 4. The van der Waals surface area contributed by atoms with Crippen LogP contribution in [0.5, 0.6) is 5.75 Å². The number of fused-ring (bicyclic) bond motifs is 1. The second-order valence-electron chi connectivity index (χ2n) is 7.80. The van der Waals surface area contributed by atoms with Crippen LogP contribution in [-0.4, -0.2) is 21.4 Å². The number of nitrogens with one attached hydrogen (secondary N) is 2. The number of hydrogen-bond donors (Lipinski definition) is 2. The van der Waals surface area contributed by atoms with Crippen molar-refractivity contribution in [2.24, 2.45) is 0 Å². The molecule has 4 aromatic carbocycles. The van der Waals surface area contributed by atoms with Gasteiger partial charge in [-0.2, -0.15) is 0 Å². The Balaban J connectivity index is 1.54. The lowest BCUT2D eigenvalue weighted by Gasteiger charge is -2.13. The maximum absolute atomic E-state index is 12.9. The molecule has 2 N–H and O–H groups in total. The summed E-state index contributed by atoms with van der Waals surface area (Å²) in [6, 6.07) is 22.9. The van der Waals surface area contributed by atoms with Crippen molar-refractivity contribution in [3.05, 3.63) is 95.6 Å². The molecule has 4 rings (SSSR count). The van der Waals surface area contributed by atoms with Gasteiger partial charge in [0, 0.05) is 5.69 Å². The molecule has 0 aliphatic rings. The van der Waals surface area contributed by atoms with E-state index in [2.05, 4.69) is 10.0 Å². The number of sulfonamides is 1. The Hall–Kier alpha value is -3.84. The Morgan fingerprint density at radius 3 is 2.18 bits per heavy atom. The zero-order chi connectivity index (χ0) is 23.6. The summed E-state index contributed by atoms with van der Waals surface area (Å²) < 4.78 is 33.7. The molecule has 7 heteroatoms. The lowest BCUT2D eigenvalue weighted by Crippen LogP contribution is -2.15. The van der Waals surface area contributed by atoms with Crippen molar-refractivity contribution in [1.82, 2.24) is 0 Å². The number of ether oxygens (including phenoxy) is 1. The van der Waals surface area contributed by atoms with Crippen molar-refractivity contribution >= 4 is 38.1 Å². The number of rotatable bonds is 6. The van der Waals surface area contributed by atoms with Crippen LogP contribution in [0.2, 0.25) is 0 Å². The highest BCUT2D eigenvalue weighted by Gasteiger charge is 2.17. The highest BCUT2D eigenvalue weighted by Crippen LogP contribution is 2.27. The van der Waals surface area contributed by atoms with Crippen LogP contribution in [0.25, 0.3) is 10.8 Å². The SMILES string of the molecule is COc1cc2ccccc2cc1C(=O)Nc1ccc(S(=O)(=O)Nc2cc(C)ccc2C)cc1. The predicted molar refractivity (Wildman–Crippen MR) is 132 cm³/mol. The first kappa shape index (κ1) is 22.4. The molecular formula is C26H24N2O4S. The van der Waals surface area contributed by atoms with Crippen molar-refractivity contribution < 1.29 is 17.9 Å². The summed E-state index contributed by atoms with van der Waals surface area (Å²) in [5.41, 5.74) is 3.19. The molecule has 0 radical (unpaired) electrons. The van der Waals surface area contributed by atoms with Crippen LogP contribution < -0.4 is 14.8 Å². The molecule has 0 spiro atoms. The molecule has 0 fully saturated rings. The number of amides is 1. The first-order valence-corrected chi connectivity index (χ1v) is 11.8. The van der Waals surface area contributed by atoms with E-state index in [9.17, 15) is 13.2 Å². The minimum absolute atomic E-state index is 0.102. The predicted octanol–water partition coefficient (Wildman–Crippen LogP) is 5.52. The molecule has 0 aliphatic heterocycles. The topological polar surface area (TPSA) is 84.5 Å². The molecule has 0 saturated heterocycles. The summed E-state index contributed by atoms with van der Waals surface area (Å²) in [7, 11) is -2.25. The fourth-order valence-electron chi connectivity index (χ4n) is 3.53. The van der Waals surface area contributed by atoms with E-state index in [1.807, 2.05) is 56.3 Å². The molecule has 0 heterocycles. The van der Waals surface area contributed by atoms with E-state index in [1.54, 1.807) is 24.3 Å². The highest BCUT2D eigenvalue weighted by atomic mass is 32.2. The Kier molecular flexibility index (Phi) is 6.07. The van der Waals surface area contributed by atoms with Crippen LogP contribution in [0.4, 0.5) is 11.4 Å². The molecule has 0 aromatic heterocycles. The van der Waals surface area contributed by atoms with Gasteiger partial charge in [0.05, 0.1) is 23.3 Å². The number of hydrogen-bond acceptors (Lipinski definition) is 4. The summed E-state index contributed by atoms with van der Waals surface area (Å²) in [4.78, 5) is 13.0. The molecule has 0 unspecified atom stereocenters. The number of methoxy groups -OCH3 is 1. The van der Waals surface area contributed by atoms with E-state index >= 15 is 0 Å². The van der Waals surface area contributed by atoms with E-state index in [1.165, 1.54) is 19.2 Å². The minimum Gasteiger partial charge on any atom is -0.496 e. The molecule has 168 valence electrons. The van der Waals surface area contributed by atoms with E-state index in [0.29, 0.717) is 22.7 Å². The third-order valence-electron chi connectivity index (χ3n) is 5.37. The van der Waals surface area contributed by atoms with Crippen molar-refractivity contribution in [3.63, 3.8) is 0 Å². The van der Waals surface area contributed by atoms with Crippen molar-refractivity contribution in [3.8, 4) is 5.75 Å². The van der Waals surface area contributed by atoms with Gasteiger partial charge >= 0.3 is 0 Å². The molecule has 0 saturated carbocycles. The second-order valence-corrected chi connectivity index (χ2v) is 9.48. The summed E-state index contributed by atoms with van der Waals surface area (Å²) in [6.07, 6.45) is 0. The maximum atomic E-state index is 12.9. The third kappa shape index (κ3) is 4.83. The van der Waals surface area contributed by atoms with Gasteiger partial charge in [0.2, 0.25) is 0 Å². The van der Waals surface area contributed by atoms with Crippen LogP contribution in [0.15, 0.2) is 83.8 Å². The highest BCUT2D eigenvalue weighted by molar-refractivity contribution is 7.92. The number of anilines is 2. The maximum Gasteiger partial charge on any atom is 0.261 e. The van der Waals surface area contributed by atoms with E-state index in [-0.39, 0.29) is 10.8 Å². The normalized spacial score (nSPS) is 11.2. The molecule has 4 aromatic rings. The Bertz CT molecular complexity index is 1450. The van der Waals surface area contributed by atoms with Crippen LogP contribution in [-0.2, 0) is 10.0 Å². The largest absolute Gasteiger partial charge is 0.496 e. The van der Waals surface area contributed by atoms with E-state index in [4.69, 9.17) is 4.74 Å². The fourth-order valence-corrected chi connectivity index (χ4v) is 4.65. The number of carbonyl (C=O) groups is 1. The quantitative estimate of drug-likeness (QED) is 0.397. The zero-order valence-electron chi connectivity index (χ0n) is 18.5. The summed E-state index contributed by atoms with van der Waals surface area (Å²) >= 11 is 0. The minimum atomic E-state index is -3.77. The number of carbonyl (C=O) groups excluding carboxylic acids is 1. The molecule has 1 amide bonds. The lowest BCUT2D eigenvalue weighted by molar-refractivity contribution is 0.102. The van der Waals surface area contributed by atoms with E-state index in [0.717, 1.165) is 21.9 Å². The molecule has 33 heavy (non-hydrogen) atoms. The number of aryl methyl sites for hydroxylation is 2. The molecule has 0 atom stereocenters. The molecule has 6 nitrogen and oxygen atoms in total. The molecule has 0 bridgehead atoms. The van der Waals surface area contributed by atoms with Crippen molar-refractivity contribution in [2.45, 2.75) is 18.7 Å². The Morgan fingerprint density at radius 2 is 1.52 bits per heavy atom. The van der Waals surface area contributed by atoms with Gasteiger partial charge in [-0.1, -0.05) is 36.4 Å². The van der Waals surface area contributed by atoms with Crippen LogP contribution >= 0.6 is 0 Å². The first-order chi connectivity index (χ1) is 15.8. The van der Waals surface area contributed by atoms with Crippen LogP contribution in [0.3, 0.4) is 0 Å². The fraction of sp³-hybridized carbons (Fsp3) is 0.115. The first-order valence-electron chi connectivity index (χ1n) is 10.3. The van der Waals surface area contributed by atoms with Crippen LogP contribution in [0.1, 0.15) is 21.5 Å². The smallest absolute Gasteiger partial charge is 0.261 e. The third-order valence-corrected chi connectivity index (χ3v) is 6.75. The zero-order valence-corrected chi connectivity index (χ0v) is 19.4. The van der Waals surface area contributed by atoms with Gasteiger partial charge in [0.1, 0.15) is 5.75 Å². The van der Waals surface area contributed by atoms with Crippen LogP contribution in [0, 0.1) is 13.8 Å². The van der Waals surface area contributed by atoms with Gasteiger partial charge in [-0.3, -0.25) is 9.52 Å². The van der Waals surface area contributed by atoms with Gasteiger partial charge in [0.25, 0.3) is 15.9 Å². The van der Waals surface area contributed by atoms with Crippen molar-refractivity contribution in [2.75, 3.05) is 17.1 Å². The van der Waals surface area contributed by atoms with Gasteiger partial charge in [-0.15, -0.1) is 0 Å². The second kappa shape index (κ2) is 8.96. The summed E-state index contributed by atoms with van der Waals surface area (Å²) in [5, 5.41) is 4.70. The summed E-state index contributed by atoms with van der Waals surface area (Å²) in [6.45, 7) is 3.75. The monoisotopic (exact) mass is 460 g/mol. The van der Waals surface area contributed by atoms with Gasteiger partial charge < -0.3 is 10.1 Å². The molecular weight excluding hydrogens is 436 g/mol. The van der Waals surface area contributed by atoms with E-state index < -0.39 is 10.0 Å². The molecule has 0 aliphatic carbocycles. The van der Waals surface area contributed by atoms with Gasteiger partial charge in [-0.25, -0.2) is 8.42 Å². The lowest BCUT2D eigenvalue weighted by atomic mass is 10.1. The Labute approximate surface area is 193 Å². The van der Waals surface area contributed by atoms with Gasteiger partial charge in [-0.05, 0) is 78.2 Å². The average molecular weight is 461 g/mol. The standard InChI is InChI=1S/C26H24N2O4S/c1-17-8-9-18(2)24(14-17)28-33(30,31)22-12-10-21(11-13-22)27-26(29)23-15-19-6-4-5-7-20(19)16-25(23)32-3/h4-16,28H,1-3H3,(H,27,29). The Morgan fingerprint density at radius 1 is 0.848 bits per heavy atom. The van der Waals surface area contributed by atoms with Gasteiger partial charge in [0.15, 0.2) is 0 Å². The summed E-state index contributed by atoms with van der Waals surface area (Å²) in [5.74, 6) is 0.116. The average Bonchev–Trinajstić information content (AvgIpc) is 2.80.